The molecule has 0 aromatic rings. The first-order valence-corrected chi connectivity index (χ1v) is 5.09. The second-order valence-electron chi connectivity index (χ2n) is 0.756. The molecule has 0 bridgehead atoms. The molecule has 0 heterocycles. The van der Waals surface area contributed by atoms with Gasteiger partial charge in [-0.15, -0.1) is 0 Å². The van der Waals surface area contributed by atoms with Crippen LogP contribution in [-0.2, 0) is 48.9 Å². The van der Waals surface area contributed by atoms with Crippen molar-refractivity contribution < 1.29 is 104 Å². The average molecular weight is 411 g/mol. The molecule has 0 rings (SSSR count). The summed E-state index contributed by atoms with van der Waals surface area (Å²) in [7, 11) is 0. The van der Waals surface area contributed by atoms with E-state index < -0.39 is 25.9 Å². The van der Waals surface area contributed by atoms with Crippen LogP contribution < -0.4 is 8.38 Å². The summed E-state index contributed by atoms with van der Waals surface area (Å²) in [4.78, 5) is 0. The van der Waals surface area contributed by atoms with Crippen molar-refractivity contribution in [2.24, 2.45) is 0 Å². The van der Waals surface area contributed by atoms with Crippen molar-refractivity contribution in [3.8, 4) is 0 Å². The van der Waals surface area contributed by atoms with Crippen LogP contribution in [0.4, 0.5) is 0 Å². The van der Waals surface area contributed by atoms with Crippen LogP contribution in [0.5, 0.6) is 0 Å². The van der Waals surface area contributed by atoms with Crippen LogP contribution in [0.15, 0.2) is 0 Å². The van der Waals surface area contributed by atoms with Crippen LogP contribution >= 0.6 is 0 Å². The zero-order valence-electron chi connectivity index (χ0n) is 4.29. The molecule has 0 radical (unpaired) electrons. The largest absolute Gasteiger partial charge is 2.00 e. The molecule has 0 aromatic carbocycles. The van der Waals surface area contributed by atoms with Gasteiger partial charge in [0.2, 0.25) is 0 Å². The Bertz CT molecular complexity index is 296. The van der Waals surface area contributed by atoms with E-state index in [0.29, 0.717) is 0 Å². The van der Waals surface area contributed by atoms with Crippen molar-refractivity contribution in [3.63, 3.8) is 0 Å². The molecule has 0 fully saturated rings. The Kier molecular flexibility index (Phi) is 11.1. The quantitative estimate of drug-likeness (QED) is 0.381. The summed E-state index contributed by atoms with van der Waals surface area (Å²) >= 11 is -11.2. The third-order valence-electron chi connectivity index (χ3n) is 0. The summed E-state index contributed by atoms with van der Waals surface area (Å²) in [6.45, 7) is 0. The Labute approximate surface area is 103 Å². The summed E-state index contributed by atoms with van der Waals surface area (Å²) < 4.78 is 68.6. The van der Waals surface area contributed by atoms with Crippen molar-refractivity contribution >= 4 is 0 Å². The van der Waals surface area contributed by atoms with E-state index in [1.165, 1.54) is 0 Å². The number of rotatable bonds is 0. The maximum atomic E-state index is 8.58. The molecule has 8 nitrogen and oxygen atoms in total. The van der Waals surface area contributed by atoms with Gasteiger partial charge in [-0.3, -0.25) is 0 Å². The fourth-order valence-electron chi connectivity index (χ4n) is 0. The van der Waals surface area contributed by atoms with Crippen molar-refractivity contribution in [3.05, 3.63) is 0 Å². The van der Waals surface area contributed by atoms with E-state index >= 15 is 0 Å². The van der Waals surface area contributed by atoms with Crippen molar-refractivity contribution in [1.29, 1.82) is 0 Å². The molecular weight excluding hydrogens is 411 g/mol. The van der Waals surface area contributed by atoms with E-state index in [4.69, 9.17) is 31.4 Å². The second-order valence-corrected chi connectivity index (χ2v) is 3.12. The van der Waals surface area contributed by atoms with Crippen LogP contribution in [0, 0.1) is 46.9 Å². The number of hydrogen-bond acceptors (Lipinski definition) is 8. The first-order valence-electron chi connectivity index (χ1n) is 1.23. The van der Waals surface area contributed by atoms with Crippen LogP contribution in [0.2, 0.25) is 0 Å². The van der Waals surface area contributed by atoms with Gasteiger partial charge < -0.3 is 0 Å². The Morgan fingerprint density at radius 3 is 0.636 bits per heavy atom. The van der Waals surface area contributed by atoms with Crippen LogP contribution in [-0.4, -0.2) is 0 Å². The molecule has 0 aliphatic heterocycles. The molecular formula is Mn2O8Yb. The molecule has 0 saturated carbocycles. The normalized spacial score (nSPS) is 10.4. The van der Waals surface area contributed by atoms with E-state index in [2.05, 4.69) is 0 Å². The van der Waals surface area contributed by atoms with Crippen LogP contribution in [0.1, 0.15) is 0 Å². The average Bonchev–Trinajstić information content (AvgIpc) is 1.12. The minimum atomic E-state index is -5.62. The maximum absolute atomic E-state index is 8.58. The predicted octanol–water partition coefficient (Wildman–Crippen LogP) is -3.10. The van der Waals surface area contributed by atoms with Crippen molar-refractivity contribution in [1.82, 2.24) is 0 Å². The van der Waals surface area contributed by atoms with Crippen molar-refractivity contribution in [2.45, 2.75) is 0 Å². The van der Waals surface area contributed by atoms with E-state index in [9.17, 15) is 0 Å². The molecule has 0 aliphatic rings. The minimum Gasteiger partial charge on any atom is 2.00 e. The Balaban J connectivity index is -0.000000107. The van der Waals surface area contributed by atoms with Crippen LogP contribution in [0.25, 0.3) is 0 Å². The minimum absolute atomic E-state index is 0. The molecule has 11 heavy (non-hydrogen) atoms. The summed E-state index contributed by atoms with van der Waals surface area (Å²) in [5.74, 6) is 0. The Hall–Kier alpha value is 1.28. The fraction of sp³-hybridized carbons (Fsp3) is 0. The van der Waals surface area contributed by atoms with Gasteiger partial charge in [0.1, 0.15) is 0 Å². The smallest absolute Gasteiger partial charge is 2.00 e. The topological polar surface area (TPSA) is 149 Å². The first-order chi connectivity index (χ1) is 4.00. The Morgan fingerprint density at radius 1 is 0.636 bits per heavy atom. The molecule has 0 aliphatic carbocycles. The first kappa shape index (κ1) is 18.1. The van der Waals surface area contributed by atoms with Gasteiger partial charge in [0.05, 0.1) is 0 Å². The molecule has 0 saturated heterocycles. The monoisotopic (exact) mass is 412 g/mol. The molecule has 11 heteroatoms. The third kappa shape index (κ3) is 594. The van der Waals surface area contributed by atoms with E-state index in [0.717, 1.165) is 0 Å². The van der Waals surface area contributed by atoms with Crippen LogP contribution in [0.3, 0.4) is 0 Å². The van der Waals surface area contributed by atoms with Gasteiger partial charge in [-0.05, 0) is 0 Å². The van der Waals surface area contributed by atoms with Gasteiger partial charge >= 0.3 is 104 Å². The molecule has 0 N–H and O–H groups in total. The molecule has 0 unspecified atom stereocenters. The van der Waals surface area contributed by atoms with E-state index in [1.54, 1.807) is 0 Å². The second kappa shape index (κ2) is 6.76. The SMILES string of the molecule is [O]=[Mn](=[O])(=[O])[O-].[O]=[Mn](=[O])(=[O])[O-].[Yb+2]. The molecule has 0 amide bonds. The molecule has 0 atom stereocenters. The molecule has 76 valence electrons. The van der Waals surface area contributed by atoms with Crippen molar-refractivity contribution in [2.75, 3.05) is 0 Å². The Morgan fingerprint density at radius 2 is 0.636 bits per heavy atom. The van der Waals surface area contributed by atoms with Gasteiger partial charge in [0, 0.05) is 0 Å². The zero-order valence-corrected chi connectivity index (χ0v) is 8.36. The molecule has 0 spiro atoms. The summed E-state index contributed by atoms with van der Waals surface area (Å²) in [5.41, 5.74) is 0. The summed E-state index contributed by atoms with van der Waals surface area (Å²) in [6, 6.07) is 0. The van der Waals surface area contributed by atoms with Gasteiger partial charge in [-0.1, -0.05) is 0 Å². The summed E-state index contributed by atoms with van der Waals surface area (Å²) in [6.07, 6.45) is 0. The number of hydrogen-bond donors (Lipinski definition) is 0. The zero-order chi connectivity index (χ0) is 9.00. The van der Waals surface area contributed by atoms with E-state index in [-0.39, 0.29) is 46.9 Å². The summed E-state index contributed by atoms with van der Waals surface area (Å²) in [5, 5.41) is 0. The molecule has 0 aromatic heterocycles. The van der Waals surface area contributed by atoms with Gasteiger partial charge in [-0.25, -0.2) is 0 Å². The predicted molar refractivity (Wildman–Crippen MR) is 4.12 cm³/mol. The third-order valence-corrected chi connectivity index (χ3v) is 0. The standard InChI is InChI=1S/2Mn.8O.Yb/q;;;;;;;;2*-1;+2. The van der Waals surface area contributed by atoms with Gasteiger partial charge in [0.15, 0.2) is 0 Å². The fourth-order valence-corrected chi connectivity index (χ4v) is 0. The maximum Gasteiger partial charge on any atom is 2.00 e. The van der Waals surface area contributed by atoms with E-state index in [1.807, 2.05) is 0 Å². The van der Waals surface area contributed by atoms with Gasteiger partial charge in [-0.2, -0.15) is 0 Å². The van der Waals surface area contributed by atoms with Gasteiger partial charge in [0.25, 0.3) is 0 Å².